The number of hydrogen-bond donors (Lipinski definition) is 0. The van der Waals surface area contributed by atoms with Gasteiger partial charge in [-0.15, -0.1) is 0 Å². The number of benzene rings is 1. The maximum Gasteiger partial charge on any atom is 0.339 e. The monoisotopic (exact) mass is 338 g/mol. The lowest BCUT2D eigenvalue weighted by Gasteiger charge is -2.36. The number of amides is 1. The van der Waals surface area contributed by atoms with Crippen LogP contribution in [0.3, 0.4) is 0 Å². The highest BCUT2D eigenvalue weighted by molar-refractivity contribution is 5.95. The van der Waals surface area contributed by atoms with Crippen LogP contribution in [0.25, 0.3) is 0 Å². The van der Waals surface area contributed by atoms with Crippen molar-refractivity contribution in [2.24, 2.45) is 0 Å². The Hall–Kier alpha value is -2.96. The molecule has 128 valence electrons. The van der Waals surface area contributed by atoms with Crippen molar-refractivity contribution in [2.45, 2.75) is 12.5 Å². The molecule has 1 atom stereocenters. The maximum atomic E-state index is 12.8. The molecule has 0 spiro atoms. The smallest absolute Gasteiger partial charge is 0.339 e. The number of nitrogens with zero attached hydrogens (tertiary/aromatic N) is 4. The number of aromatic nitrogens is 2. The van der Waals surface area contributed by atoms with E-state index < -0.39 is 12.1 Å². The molecule has 0 aliphatic carbocycles. The minimum Gasteiger partial charge on any atom is -0.448 e. The predicted molar refractivity (Wildman–Crippen MR) is 90.2 cm³/mol. The van der Waals surface area contributed by atoms with Gasteiger partial charge in [-0.2, -0.15) is 0 Å². The van der Waals surface area contributed by atoms with E-state index in [-0.39, 0.29) is 5.91 Å². The lowest BCUT2D eigenvalue weighted by Crippen LogP contribution is -2.53. The van der Waals surface area contributed by atoms with Crippen molar-refractivity contribution in [1.82, 2.24) is 14.9 Å². The van der Waals surface area contributed by atoms with Crippen molar-refractivity contribution in [3.63, 3.8) is 0 Å². The van der Waals surface area contributed by atoms with Gasteiger partial charge in [0.15, 0.2) is 6.10 Å². The highest BCUT2D eigenvalue weighted by atomic mass is 16.5. The highest BCUT2D eigenvalue weighted by Gasteiger charge is 2.35. The quantitative estimate of drug-likeness (QED) is 0.758. The van der Waals surface area contributed by atoms with Gasteiger partial charge in [0.05, 0.1) is 5.56 Å². The predicted octanol–water partition coefficient (Wildman–Crippen LogP) is 0.907. The first-order valence-electron chi connectivity index (χ1n) is 8.32. The average molecular weight is 338 g/mol. The average Bonchev–Trinajstić information content (AvgIpc) is 2.68. The molecule has 7 nitrogen and oxygen atoms in total. The number of hydrogen-bond acceptors (Lipinski definition) is 6. The largest absolute Gasteiger partial charge is 0.448 e. The van der Waals surface area contributed by atoms with Gasteiger partial charge in [0.2, 0.25) is 5.95 Å². The molecule has 1 aromatic heterocycles. The van der Waals surface area contributed by atoms with Crippen LogP contribution in [-0.2, 0) is 16.0 Å². The number of fused-ring (bicyclic) bond motifs is 1. The van der Waals surface area contributed by atoms with Gasteiger partial charge in [-0.3, -0.25) is 4.79 Å². The van der Waals surface area contributed by atoms with Gasteiger partial charge in [-0.05, 0) is 17.7 Å². The van der Waals surface area contributed by atoms with Crippen LogP contribution in [0.5, 0.6) is 0 Å². The Labute approximate surface area is 145 Å². The van der Waals surface area contributed by atoms with E-state index in [1.54, 1.807) is 35.5 Å². The van der Waals surface area contributed by atoms with Crippen LogP contribution in [0.1, 0.15) is 15.9 Å². The van der Waals surface area contributed by atoms with Crippen LogP contribution >= 0.6 is 0 Å². The molecule has 1 saturated heterocycles. The van der Waals surface area contributed by atoms with Crippen molar-refractivity contribution in [1.29, 1.82) is 0 Å². The summed E-state index contributed by atoms with van der Waals surface area (Å²) in [5.41, 5.74) is 1.42. The van der Waals surface area contributed by atoms with E-state index in [9.17, 15) is 9.59 Å². The zero-order chi connectivity index (χ0) is 17.2. The first-order chi connectivity index (χ1) is 12.2. The second kappa shape index (κ2) is 6.51. The minimum absolute atomic E-state index is 0.128. The third-order valence-corrected chi connectivity index (χ3v) is 4.59. The second-order valence-electron chi connectivity index (χ2n) is 6.12. The van der Waals surface area contributed by atoms with E-state index in [1.807, 2.05) is 17.0 Å². The topological polar surface area (TPSA) is 75.6 Å². The van der Waals surface area contributed by atoms with E-state index in [4.69, 9.17) is 4.74 Å². The zero-order valence-electron chi connectivity index (χ0n) is 13.7. The van der Waals surface area contributed by atoms with Gasteiger partial charge in [0, 0.05) is 45.0 Å². The van der Waals surface area contributed by atoms with Gasteiger partial charge in [-0.25, -0.2) is 14.8 Å². The van der Waals surface area contributed by atoms with Gasteiger partial charge in [0.25, 0.3) is 5.91 Å². The van der Waals surface area contributed by atoms with Crippen molar-refractivity contribution in [3.05, 3.63) is 53.9 Å². The molecular weight excluding hydrogens is 320 g/mol. The van der Waals surface area contributed by atoms with Gasteiger partial charge >= 0.3 is 5.97 Å². The third-order valence-electron chi connectivity index (χ3n) is 4.59. The Morgan fingerprint density at radius 3 is 2.52 bits per heavy atom. The number of esters is 1. The van der Waals surface area contributed by atoms with Crippen LogP contribution in [0.2, 0.25) is 0 Å². The normalized spacial score (nSPS) is 20.0. The standard InChI is InChI=1S/C18H18N4O3/c23-16(15-12-13-4-1-2-5-14(13)17(24)25-15)21-8-10-22(11-9-21)18-19-6-3-7-20-18/h1-7,15H,8-12H2/t15-/m1/s1. The molecule has 4 rings (SSSR count). The number of carbonyl (C=O) groups excluding carboxylic acids is 2. The lowest BCUT2D eigenvalue weighted by molar-refractivity contribution is -0.141. The number of ether oxygens (including phenoxy) is 1. The lowest BCUT2D eigenvalue weighted by atomic mass is 9.98. The number of anilines is 1. The second-order valence-corrected chi connectivity index (χ2v) is 6.12. The molecule has 1 aromatic carbocycles. The molecule has 1 amide bonds. The van der Waals surface area contributed by atoms with Gasteiger partial charge in [0.1, 0.15) is 0 Å². The summed E-state index contributed by atoms with van der Waals surface area (Å²) >= 11 is 0. The molecule has 7 heteroatoms. The Morgan fingerprint density at radius 2 is 1.76 bits per heavy atom. The molecule has 0 saturated carbocycles. The molecule has 2 aliphatic heterocycles. The zero-order valence-corrected chi connectivity index (χ0v) is 13.7. The summed E-state index contributed by atoms with van der Waals surface area (Å²) in [6.07, 6.45) is 3.11. The maximum absolute atomic E-state index is 12.8. The van der Waals surface area contributed by atoms with E-state index in [2.05, 4.69) is 9.97 Å². The summed E-state index contributed by atoms with van der Waals surface area (Å²) in [6.45, 7) is 2.44. The third kappa shape index (κ3) is 3.05. The van der Waals surface area contributed by atoms with Crippen molar-refractivity contribution < 1.29 is 14.3 Å². The number of piperazine rings is 1. The van der Waals surface area contributed by atoms with Gasteiger partial charge < -0.3 is 14.5 Å². The summed E-state index contributed by atoms with van der Waals surface area (Å²) in [4.78, 5) is 37.1. The van der Waals surface area contributed by atoms with E-state index >= 15 is 0 Å². The molecular formula is C18H18N4O3. The van der Waals surface area contributed by atoms with Crippen LogP contribution < -0.4 is 4.90 Å². The SMILES string of the molecule is O=C1O[C@@H](C(=O)N2CCN(c3ncccn3)CC2)Cc2ccccc21. The molecule has 25 heavy (non-hydrogen) atoms. The summed E-state index contributed by atoms with van der Waals surface area (Å²) < 4.78 is 5.37. The summed E-state index contributed by atoms with van der Waals surface area (Å²) in [5, 5.41) is 0. The number of cyclic esters (lactones) is 1. The van der Waals surface area contributed by atoms with E-state index in [0.29, 0.717) is 44.1 Å². The molecule has 0 unspecified atom stereocenters. The Morgan fingerprint density at radius 1 is 1.04 bits per heavy atom. The summed E-state index contributed by atoms with van der Waals surface area (Å²) in [5.74, 6) is 0.126. The van der Waals surface area contributed by atoms with Crippen LogP contribution in [-0.4, -0.2) is 59.0 Å². The Bertz CT molecular complexity index is 788. The highest BCUT2D eigenvalue weighted by Crippen LogP contribution is 2.22. The molecule has 0 bridgehead atoms. The van der Waals surface area contributed by atoms with E-state index in [1.165, 1.54) is 0 Å². The number of rotatable bonds is 2. The number of carbonyl (C=O) groups is 2. The first kappa shape index (κ1) is 15.6. The van der Waals surface area contributed by atoms with Crippen molar-refractivity contribution in [3.8, 4) is 0 Å². The van der Waals surface area contributed by atoms with Crippen LogP contribution in [0.4, 0.5) is 5.95 Å². The molecule has 3 heterocycles. The summed E-state index contributed by atoms with van der Waals surface area (Å²) in [7, 11) is 0. The van der Waals surface area contributed by atoms with Crippen molar-refractivity contribution in [2.75, 3.05) is 31.1 Å². The first-order valence-corrected chi connectivity index (χ1v) is 8.32. The van der Waals surface area contributed by atoms with E-state index in [0.717, 1.165) is 5.56 Å². The summed E-state index contributed by atoms with van der Waals surface area (Å²) in [6, 6.07) is 9.06. The minimum atomic E-state index is -0.734. The molecule has 2 aliphatic rings. The van der Waals surface area contributed by atoms with Crippen LogP contribution in [0.15, 0.2) is 42.7 Å². The Kier molecular flexibility index (Phi) is 4.05. The fourth-order valence-electron chi connectivity index (χ4n) is 3.25. The fraction of sp³-hybridized carbons (Fsp3) is 0.333. The molecule has 1 fully saturated rings. The van der Waals surface area contributed by atoms with Crippen molar-refractivity contribution >= 4 is 17.8 Å². The van der Waals surface area contributed by atoms with Crippen LogP contribution in [0, 0.1) is 0 Å². The molecule has 0 radical (unpaired) electrons. The molecule has 0 N–H and O–H groups in total. The fourth-order valence-corrected chi connectivity index (χ4v) is 3.25. The van der Waals surface area contributed by atoms with Gasteiger partial charge in [-0.1, -0.05) is 18.2 Å². The molecule has 2 aromatic rings. The Balaban J connectivity index is 1.41.